The fraction of sp³-hybridized carbons (Fsp3) is 0.667. The van der Waals surface area contributed by atoms with Gasteiger partial charge in [-0.3, -0.25) is 0 Å². The number of hydrogen-bond donors (Lipinski definition) is 0. The molecule has 3 aliphatic heterocycles. The summed E-state index contributed by atoms with van der Waals surface area (Å²) >= 11 is 0. The van der Waals surface area contributed by atoms with Crippen molar-refractivity contribution in [1.82, 2.24) is 9.97 Å². The molecule has 0 aliphatic carbocycles. The fourth-order valence-corrected chi connectivity index (χ4v) is 3.02. The van der Waals surface area contributed by atoms with Crippen molar-refractivity contribution in [3.05, 3.63) is 12.4 Å². The van der Waals surface area contributed by atoms with Crippen LogP contribution in [0.5, 0.6) is 5.88 Å². The van der Waals surface area contributed by atoms with Crippen LogP contribution in [0.4, 0.5) is 5.82 Å². The first-order chi connectivity index (χ1) is 8.86. The zero-order chi connectivity index (χ0) is 12.0. The number of anilines is 1. The maximum atomic E-state index is 5.78. The number of aromatic nitrogens is 2. The van der Waals surface area contributed by atoms with Gasteiger partial charge in [0.15, 0.2) is 11.6 Å². The summed E-state index contributed by atoms with van der Waals surface area (Å²) in [4.78, 5) is 10.9. The van der Waals surface area contributed by atoms with Crippen LogP contribution >= 0.6 is 0 Å². The van der Waals surface area contributed by atoms with Crippen molar-refractivity contribution >= 4 is 5.82 Å². The van der Waals surface area contributed by atoms with Gasteiger partial charge in [-0.25, -0.2) is 9.97 Å². The van der Waals surface area contributed by atoms with Gasteiger partial charge in [0.25, 0.3) is 5.88 Å². The molecule has 0 amide bonds. The Morgan fingerprint density at radius 3 is 2.94 bits per heavy atom. The monoisotopic (exact) mass is 249 g/mol. The zero-order valence-electron chi connectivity index (χ0n) is 10.0. The number of nitrogens with zero attached hydrogens (tertiary/aromatic N) is 3. The van der Waals surface area contributed by atoms with Gasteiger partial charge in [-0.1, -0.05) is 0 Å². The summed E-state index contributed by atoms with van der Waals surface area (Å²) in [5.74, 6) is 1.10. The molecule has 0 unspecified atom stereocenters. The molecule has 0 N–H and O–H groups in total. The molecular formula is C12H15N3O3. The van der Waals surface area contributed by atoms with Gasteiger partial charge in [0.2, 0.25) is 0 Å². The summed E-state index contributed by atoms with van der Waals surface area (Å²) in [6.45, 7) is 2.90. The first-order valence-corrected chi connectivity index (χ1v) is 6.35. The Bertz CT molecular complexity index is 462. The maximum absolute atomic E-state index is 5.78. The third kappa shape index (κ3) is 1.49. The molecule has 1 spiro atoms. The SMILES string of the molecule is c1cnc2c(n1)OC[C@H]1CC3(CCN21)OCCO3. The number of rotatable bonds is 0. The van der Waals surface area contributed by atoms with Gasteiger partial charge < -0.3 is 19.1 Å². The summed E-state index contributed by atoms with van der Waals surface area (Å²) < 4.78 is 17.2. The van der Waals surface area contributed by atoms with Crippen LogP contribution in [0.25, 0.3) is 0 Å². The Morgan fingerprint density at radius 1 is 1.22 bits per heavy atom. The average molecular weight is 249 g/mol. The highest BCUT2D eigenvalue weighted by Gasteiger charge is 2.46. The quantitative estimate of drug-likeness (QED) is 0.670. The van der Waals surface area contributed by atoms with Crippen molar-refractivity contribution in [2.45, 2.75) is 24.7 Å². The molecule has 0 saturated carbocycles. The molecule has 1 aromatic heterocycles. The molecule has 96 valence electrons. The number of hydrogen-bond acceptors (Lipinski definition) is 6. The second-order valence-electron chi connectivity index (χ2n) is 4.91. The lowest BCUT2D eigenvalue weighted by Gasteiger charge is -2.45. The van der Waals surface area contributed by atoms with E-state index < -0.39 is 0 Å². The molecule has 1 aromatic rings. The topological polar surface area (TPSA) is 56.7 Å². The van der Waals surface area contributed by atoms with Crippen molar-refractivity contribution in [3.8, 4) is 5.88 Å². The second-order valence-corrected chi connectivity index (χ2v) is 4.91. The van der Waals surface area contributed by atoms with Crippen LogP contribution in [0.2, 0.25) is 0 Å². The van der Waals surface area contributed by atoms with Gasteiger partial charge >= 0.3 is 0 Å². The molecule has 4 heterocycles. The van der Waals surface area contributed by atoms with Crippen LogP contribution in [0, 0.1) is 0 Å². The summed E-state index contributed by atoms with van der Waals surface area (Å²) in [5, 5.41) is 0. The lowest BCUT2D eigenvalue weighted by Crippen LogP contribution is -2.55. The van der Waals surface area contributed by atoms with E-state index in [4.69, 9.17) is 14.2 Å². The van der Waals surface area contributed by atoms with Crippen molar-refractivity contribution in [2.24, 2.45) is 0 Å². The fourth-order valence-electron chi connectivity index (χ4n) is 3.02. The molecule has 6 heteroatoms. The van der Waals surface area contributed by atoms with Crippen LogP contribution in [-0.4, -0.2) is 48.2 Å². The third-order valence-electron chi connectivity index (χ3n) is 3.87. The third-order valence-corrected chi connectivity index (χ3v) is 3.87. The van der Waals surface area contributed by atoms with Crippen molar-refractivity contribution in [2.75, 3.05) is 31.3 Å². The van der Waals surface area contributed by atoms with Crippen molar-refractivity contribution in [1.29, 1.82) is 0 Å². The van der Waals surface area contributed by atoms with Gasteiger partial charge in [0.05, 0.1) is 19.3 Å². The van der Waals surface area contributed by atoms with Crippen LogP contribution in [0.15, 0.2) is 12.4 Å². The molecule has 6 nitrogen and oxygen atoms in total. The largest absolute Gasteiger partial charge is 0.473 e. The highest BCUT2D eigenvalue weighted by atomic mass is 16.7. The standard InChI is InChI=1S/C12H15N3O3/c1-4-15-9(7-12(1)17-5-6-18-12)8-16-11-10(15)13-2-3-14-11/h2-3,9H,1,4-8H2/t9-/m1/s1. The van der Waals surface area contributed by atoms with E-state index in [2.05, 4.69) is 14.9 Å². The Balaban J connectivity index is 1.62. The van der Waals surface area contributed by atoms with Gasteiger partial charge in [-0.2, -0.15) is 0 Å². The van der Waals surface area contributed by atoms with E-state index >= 15 is 0 Å². The van der Waals surface area contributed by atoms with Gasteiger partial charge in [0.1, 0.15) is 6.61 Å². The molecule has 3 aliphatic rings. The molecule has 2 fully saturated rings. The predicted octanol–water partition coefficient (Wildman–Crippen LogP) is 0.581. The first-order valence-electron chi connectivity index (χ1n) is 6.35. The lowest BCUT2D eigenvalue weighted by atomic mass is 9.95. The molecule has 0 radical (unpaired) electrons. The van der Waals surface area contributed by atoms with Crippen LogP contribution < -0.4 is 9.64 Å². The molecule has 1 atom stereocenters. The van der Waals surface area contributed by atoms with Gasteiger partial charge in [-0.15, -0.1) is 0 Å². The summed E-state index contributed by atoms with van der Waals surface area (Å²) in [6.07, 6.45) is 5.08. The Hall–Kier alpha value is -1.40. The van der Waals surface area contributed by atoms with Crippen molar-refractivity contribution in [3.63, 3.8) is 0 Å². The minimum atomic E-state index is -0.385. The summed E-state index contributed by atoms with van der Waals surface area (Å²) in [5.41, 5.74) is 0. The minimum absolute atomic E-state index is 0.265. The van der Waals surface area contributed by atoms with E-state index in [9.17, 15) is 0 Å². The zero-order valence-corrected chi connectivity index (χ0v) is 10.0. The minimum Gasteiger partial charge on any atom is -0.473 e. The number of piperidine rings is 1. The molecule has 0 aromatic carbocycles. The number of ether oxygens (including phenoxy) is 3. The van der Waals surface area contributed by atoms with E-state index in [1.165, 1.54) is 0 Å². The lowest BCUT2D eigenvalue weighted by molar-refractivity contribution is -0.178. The van der Waals surface area contributed by atoms with Crippen LogP contribution in [0.3, 0.4) is 0 Å². The highest BCUT2D eigenvalue weighted by Crippen LogP contribution is 2.40. The van der Waals surface area contributed by atoms with E-state index in [0.29, 0.717) is 25.7 Å². The Kier molecular flexibility index (Phi) is 2.22. The first kappa shape index (κ1) is 10.5. The molecule has 4 rings (SSSR count). The molecular weight excluding hydrogens is 234 g/mol. The van der Waals surface area contributed by atoms with Crippen LogP contribution in [-0.2, 0) is 9.47 Å². The Labute approximate surface area is 105 Å². The van der Waals surface area contributed by atoms with Gasteiger partial charge in [0, 0.05) is 31.8 Å². The van der Waals surface area contributed by atoms with E-state index in [1.807, 2.05) is 0 Å². The molecule has 0 bridgehead atoms. The van der Waals surface area contributed by atoms with Crippen LogP contribution in [0.1, 0.15) is 12.8 Å². The molecule has 18 heavy (non-hydrogen) atoms. The summed E-state index contributed by atoms with van der Waals surface area (Å²) in [6, 6.07) is 0.265. The van der Waals surface area contributed by atoms with Crippen molar-refractivity contribution < 1.29 is 14.2 Å². The highest BCUT2D eigenvalue weighted by molar-refractivity contribution is 5.51. The smallest absolute Gasteiger partial charge is 0.257 e. The average Bonchev–Trinajstić information content (AvgIpc) is 2.86. The predicted molar refractivity (Wildman–Crippen MR) is 62.5 cm³/mol. The number of fused-ring (bicyclic) bond motifs is 3. The Morgan fingerprint density at radius 2 is 2.06 bits per heavy atom. The normalized spacial score (nSPS) is 28.7. The maximum Gasteiger partial charge on any atom is 0.257 e. The van der Waals surface area contributed by atoms with Gasteiger partial charge in [-0.05, 0) is 0 Å². The van der Waals surface area contributed by atoms with E-state index in [-0.39, 0.29) is 11.8 Å². The molecule has 2 saturated heterocycles. The van der Waals surface area contributed by atoms with E-state index in [1.54, 1.807) is 12.4 Å². The second kappa shape index (κ2) is 3.80. The summed E-state index contributed by atoms with van der Waals surface area (Å²) in [7, 11) is 0. The van der Waals surface area contributed by atoms with E-state index in [0.717, 1.165) is 25.2 Å².